The maximum atomic E-state index is 12.2. The highest BCUT2D eigenvalue weighted by atomic mass is 35.5. The van der Waals surface area contributed by atoms with Crippen molar-refractivity contribution in [2.45, 2.75) is 11.4 Å². The number of hydrogen-bond donors (Lipinski definition) is 0. The third-order valence-electron chi connectivity index (χ3n) is 2.37. The van der Waals surface area contributed by atoms with Crippen LogP contribution in [0.3, 0.4) is 0 Å². The lowest BCUT2D eigenvalue weighted by Crippen LogP contribution is -2.26. The number of hydrogen-bond acceptors (Lipinski definition) is 4. The fourth-order valence-electron chi connectivity index (χ4n) is 1.40. The first-order valence-electron chi connectivity index (χ1n) is 5.10. The first kappa shape index (κ1) is 13.1. The summed E-state index contributed by atoms with van der Waals surface area (Å²) in [6.45, 7) is 0.165. The van der Waals surface area contributed by atoms with Crippen molar-refractivity contribution in [3.63, 3.8) is 0 Å². The Bertz CT molecular complexity index is 608. The Labute approximate surface area is 110 Å². The van der Waals surface area contributed by atoms with Crippen molar-refractivity contribution in [3.8, 4) is 0 Å². The molecule has 0 aromatic carbocycles. The Morgan fingerprint density at radius 1 is 1.39 bits per heavy atom. The molecule has 0 saturated heterocycles. The van der Waals surface area contributed by atoms with Gasteiger partial charge < -0.3 is 4.42 Å². The van der Waals surface area contributed by atoms with Crippen LogP contribution in [0.15, 0.2) is 46.0 Å². The molecule has 18 heavy (non-hydrogen) atoms. The summed E-state index contributed by atoms with van der Waals surface area (Å²) < 4.78 is 30.6. The molecule has 7 heteroatoms. The lowest BCUT2D eigenvalue weighted by molar-refractivity contribution is 0.406. The zero-order valence-corrected chi connectivity index (χ0v) is 11.1. The van der Waals surface area contributed by atoms with Crippen molar-refractivity contribution in [2.24, 2.45) is 0 Å². The van der Waals surface area contributed by atoms with E-state index in [0.717, 1.165) is 0 Å². The van der Waals surface area contributed by atoms with Crippen molar-refractivity contribution in [1.29, 1.82) is 0 Å². The van der Waals surface area contributed by atoms with Gasteiger partial charge in [0, 0.05) is 13.2 Å². The first-order valence-corrected chi connectivity index (χ1v) is 6.92. The van der Waals surface area contributed by atoms with Gasteiger partial charge in [0.25, 0.3) is 0 Å². The monoisotopic (exact) mass is 286 g/mol. The summed E-state index contributed by atoms with van der Waals surface area (Å²) in [6.07, 6.45) is 2.73. The molecular weight excluding hydrogens is 276 g/mol. The van der Waals surface area contributed by atoms with E-state index in [0.29, 0.717) is 5.76 Å². The molecule has 0 aliphatic rings. The number of pyridine rings is 1. The fourth-order valence-corrected chi connectivity index (χ4v) is 2.60. The van der Waals surface area contributed by atoms with Crippen LogP contribution in [0.2, 0.25) is 5.15 Å². The van der Waals surface area contributed by atoms with Crippen LogP contribution < -0.4 is 0 Å². The third kappa shape index (κ3) is 2.72. The van der Waals surface area contributed by atoms with Gasteiger partial charge in [-0.2, -0.15) is 4.31 Å². The van der Waals surface area contributed by atoms with E-state index in [1.165, 1.54) is 35.9 Å². The molecule has 5 nitrogen and oxygen atoms in total. The molecule has 0 aliphatic carbocycles. The van der Waals surface area contributed by atoms with Gasteiger partial charge >= 0.3 is 0 Å². The molecule has 0 saturated carbocycles. The quantitative estimate of drug-likeness (QED) is 0.808. The van der Waals surface area contributed by atoms with Crippen LogP contribution in [0, 0.1) is 0 Å². The second-order valence-corrected chi connectivity index (χ2v) is 6.09. The van der Waals surface area contributed by atoms with Gasteiger partial charge in [0.1, 0.15) is 15.8 Å². The molecule has 0 radical (unpaired) electrons. The molecule has 2 rings (SSSR count). The standard InChI is InChI=1S/C11H11ClN2O3S/c1-14(8-9-3-2-6-17-9)18(15,16)10-4-5-11(12)13-7-10/h2-7H,8H2,1H3. The molecule has 0 amide bonds. The second kappa shape index (κ2) is 5.09. The van der Waals surface area contributed by atoms with Crippen LogP contribution in [0.25, 0.3) is 0 Å². The summed E-state index contributed by atoms with van der Waals surface area (Å²) in [7, 11) is -2.10. The molecule has 0 aliphatic heterocycles. The van der Waals surface area contributed by atoms with Gasteiger partial charge in [-0.25, -0.2) is 13.4 Å². The highest BCUT2D eigenvalue weighted by Gasteiger charge is 2.21. The van der Waals surface area contributed by atoms with E-state index < -0.39 is 10.0 Å². The van der Waals surface area contributed by atoms with Gasteiger partial charge in [-0.15, -0.1) is 0 Å². The van der Waals surface area contributed by atoms with Crippen LogP contribution >= 0.6 is 11.6 Å². The van der Waals surface area contributed by atoms with Crippen LogP contribution in [-0.4, -0.2) is 24.8 Å². The average molecular weight is 287 g/mol. The van der Waals surface area contributed by atoms with Gasteiger partial charge in [0.15, 0.2) is 0 Å². The lowest BCUT2D eigenvalue weighted by atomic mass is 10.4. The molecule has 96 valence electrons. The second-order valence-electron chi connectivity index (χ2n) is 3.66. The van der Waals surface area contributed by atoms with E-state index in [9.17, 15) is 8.42 Å². The third-order valence-corrected chi connectivity index (χ3v) is 4.38. The highest BCUT2D eigenvalue weighted by Crippen LogP contribution is 2.17. The van der Waals surface area contributed by atoms with Gasteiger partial charge in [0.2, 0.25) is 10.0 Å². The smallest absolute Gasteiger partial charge is 0.244 e. The largest absolute Gasteiger partial charge is 0.468 e. The zero-order chi connectivity index (χ0) is 13.2. The Hall–Kier alpha value is -1.37. The number of aromatic nitrogens is 1. The number of nitrogens with zero attached hydrogens (tertiary/aromatic N) is 2. The molecule has 0 N–H and O–H groups in total. The van der Waals surface area contributed by atoms with Crippen molar-refractivity contribution >= 4 is 21.6 Å². The van der Waals surface area contributed by atoms with Crippen molar-refractivity contribution in [1.82, 2.24) is 9.29 Å². The molecule has 0 spiro atoms. The van der Waals surface area contributed by atoms with E-state index in [2.05, 4.69) is 4.98 Å². The van der Waals surface area contributed by atoms with Crippen LogP contribution in [0.5, 0.6) is 0 Å². The normalized spacial score (nSPS) is 11.9. The predicted molar refractivity (Wildman–Crippen MR) is 66.6 cm³/mol. The SMILES string of the molecule is CN(Cc1ccco1)S(=O)(=O)c1ccc(Cl)nc1. The summed E-state index contributed by atoms with van der Waals surface area (Å²) in [5.74, 6) is 0.572. The minimum Gasteiger partial charge on any atom is -0.468 e. The van der Waals surface area contributed by atoms with Crippen LogP contribution in [-0.2, 0) is 16.6 Å². The van der Waals surface area contributed by atoms with Crippen molar-refractivity contribution < 1.29 is 12.8 Å². The molecule has 0 fully saturated rings. The maximum absolute atomic E-state index is 12.2. The highest BCUT2D eigenvalue weighted by molar-refractivity contribution is 7.89. The average Bonchev–Trinajstić information content (AvgIpc) is 2.82. The molecule has 2 aromatic heterocycles. The van der Waals surface area contributed by atoms with E-state index in [1.54, 1.807) is 12.1 Å². The van der Waals surface area contributed by atoms with Gasteiger partial charge in [-0.3, -0.25) is 0 Å². The zero-order valence-electron chi connectivity index (χ0n) is 9.58. The summed E-state index contributed by atoms with van der Waals surface area (Å²) in [4.78, 5) is 3.86. The number of rotatable bonds is 4. The molecular formula is C11H11ClN2O3S. The van der Waals surface area contributed by atoms with E-state index in [4.69, 9.17) is 16.0 Å². The summed E-state index contributed by atoms with van der Waals surface area (Å²) in [5.41, 5.74) is 0. The molecule has 2 heterocycles. The first-order chi connectivity index (χ1) is 8.50. The van der Waals surface area contributed by atoms with Crippen molar-refractivity contribution in [3.05, 3.63) is 47.6 Å². The number of furan rings is 1. The van der Waals surface area contributed by atoms with Crippen LogP contribution in [0.1, 0.15) is 5.76 Å². The number of sulfonamides is 1. The van der Waals surface area contributed by atoms with Gasteiger partial charge in [-0.05, 0) is 24.3 Å². The Balaban J connectivity index is 2.22. The Morgan fingerprint density at radius 2 is 2.17 bits per heavy atom. The molecule has 0 unspecified atom stereocenters. The van der Waals surface area contributed by atoms with Crippen LogP contribution in [0.4, 0.5) is 0 Å². The lowest BCUT2D eigenvalue weighted by Gasteiger charge is -2.15. The molecule has 2 aromatic rings. The predicted octanol–water partition coefficient (Wildman–Crippen LogP) is 2.15. The van der Waals surface area contributed by atoms with Crippen molar-refractivity contribution in [2.75, 3.05) is 7.05 Å². The number of halogens is 1. The Kier molecular flexibility index (Phi) is 3.70. The summed E-state index contributed by atoms with van der Waals surface area (Å²) >= 11 is 5.62. The van der Waals surface area contributed by atoms with E-state index in [1.807, 2.05) is 0 Å². The Morgan fingerprint density at radius 3 is 2.72 bits per heavy atom. The van der Waals surface area contributed by atoms with E-state index in [-0.39, 0.29) is 16.6 Å². The molecule has 0 bridgehead atoms. The molecule has 0 atom stereocenters. The summed E-state index contributed by atoms with van der Waals surface area (Å²) in [6, 6.07) is 6.28. The fraction of sp³-hybridized carbons (Fsp3) is 0.182. The summed E-state index contributed by atoms with van der Waals surface area (Å²) in [5, 5.41) is 0.252. The minimum atomic E-state index is -3.58. The van der Waals surface area contributed by atoms with Gasteiger partial charge in [-0.1, -0.05) is 11.6 Å². The topological polar surface area (TPSA) is 63.4 Å². The van der Waals surface area contributed by atoms with Gasteiger partial charge in [0.05, 0.1) is 12.8 Å². The maximum Gasteiger partial charge on any atom is 0.244 e. The minimum absolute atomic E-state index is 0.0981. The van der Waals surface area contributed by atoms with E-state index >= 15 is 0 Å².